The van der Waals surface area contributed by atoms with Gasteiger partial charge in [-0.05, 0) is 19.5 Å². The molecule has 0 saturated carbocycles. The van der Waals surface area contributed by atoms with Gasteiger partial charge in [0.05, 0.1) is 6.42 Å². The summed E-state index contributed by atoms with van der Waals surface area (Å²) in [6, 6.07) is 6.56. The van der Waals surface area contributed by atoms with E-state index in [0.717, 1.165) is 0 Å². The summed E-state index contributed by atoms with van der Waals surface area (Å²) < 4.78 is 36.6. The molecule has 0 saturated heterocycles. The second-order valence-corrected chi connectivity index (χ2v) is 4.33. The smallest absolute Gasteiger partial charge is 0.390 e. The third-order valence-corrected chi connectivity index (χ3v) is 2.96. The number of phenols is 1. The maximum absolute atomic E-state index is 12.2. The van der Waals surface area contributed by atoms with Crippen molar-refractivity contribution in [1.82, 2.24) is 4.90 Å². The molecule has 1 unspecified atom stereocenters. The number of hydrogen-bond donors (Lipinski definition) is 1. The third-order valence-electron chi connectivity index (χ3n) is 2.96. The first-order valence-corrected chi connectivity index (χ1v) is 5.90. The summed E-state index contributed by atoms with van der Waals surface area (Å²) in [6.07, 6.45) is -4.34. The molecule has 1 rings (SSSR count). The second kappa shape index (κ2) is 6.09. The Morgan fingerprint density at radius 2 is 1.89 bits per heavy atom. The number of halogens is 3. The van der Waals surface area contributed by atoms with Crippen molar-refractivity contribution in [1.29, 1.82) is 0 Å². The molecule has 1 aromatic rings. The molecule has 0 amide bonds. The van der Waals surface area contributed by atoms with Crippen molar-refractivity contribution >= 4 is 0 Å². The minimum absolute atomic E-state index is 0.0731. The molecule has 1 aromatic carbocycles. The first kappa shape index (κ1) is 14.8. The standard InChI is InChI=1S/C13H18F3NO/c1-3-11(10-6-4-5-7-12(10)18)17(2)9-8-13(14,15)16/h4-7,11,18H,3,8-9H2,1-2H3. The largest absolute Gasteiger partial charge is 0.508 e. The van der Waals surface area contributed by atoms with Gasteiger partial charge in [-0.1, -0.05) is 25.1 Å². The fourth-order valence-electron chi connectivity index (χ4n) is 2.00. The molecule has 0 fully saturated rings. The van der Waals surface area contributed by atoms with E-state index in [4.69, 9.17) is 0 Å². The minimum Gasteiger partial charge on any atom is -0.508 e. The Hall–Kier alpha value is -1.23. The monoisotopic (exact) mass is 261 g/mol. The predicted octanol–water partition coefficient (Wildman–Crippen LogP) is 3.73. The van der Waals surface area contributed by atoms with Gasteiger partial charge in [-0.25, -0.2) is 0 Å². The van der Waals surface area contributed by atoms with Crippen LogP contribution in [0.2, 0.25) is 0 Å². The lowest BCUT2D eigenvalue weighted by atomic mass is 10.0. The summed E-state index contributed by atoms with van der Waals surface area (Å²) in [7, 11) is 1.65. The number of hydrogen-bond acceptors (Lipinski definition) is 2. The summed E-state index contributed by atoms with van der Waals surface area (Å²) >= 11 is 0. The van der Waals surface area contributed by atoms with Crippen molar-refractivity contribution in [2.45, 2.75) is 32.0 Å². The molecular weight excluding hydrogens is 243 g/mol. The molecule has 0 heterocycles. The van der Waals surface area contributed by atoms with Gasteiger partial charge >= 0.3 is 6.18 Å². The first-order chi connectivity index (χ1) is 8.35. The van der Waals surface area contributed by atoms with Crippen molar-refractivity contribution in [2.24, 2.45) is 0 Å². The zero-order chi connectivity index (χ0) is 13.8. The van der Waals surface area contributed by atoms with Crippen LogP contribution in [0.25, 0.3) is 0 Å². The zero-order valence-corrected chi connectivity index (χ0v) is 10.5. The molecule has 2 nitrogen and oxygen atoms in total. The van der Waals surface area contributed by atoms with Gasteiger partial charge in [0, 0.05) is 18.2 Å². The lowest BCUT2D eigenvalue weighted by molar-refractivity contribution is -0.138. The zero-order valence-electron chi connectivity index (χ0n) is 10.5. The summed E-state index contributed by atoms with van der Waals surface area (Å²) in [5.74, 6) is 0.128. The van der Waals surface area contributed by atoms with E-state index in [2.05, 4.69) is 0 Å². The van der Waals surface area contributed by atoms with Crippen molar-refractivity contribution in [3.8, 4) is 5.75 Å². The Morgan fingerprint density at radius 1 is 1.28 bits per heavy atom. The fourth-order valence-corrected chi connectivity index (χ4v) is 2.00. The highest BCUT2D eigenvalue weighted by molar-refractivity contribution is 5.34. The van der Waals surface area contributed by atoms with E-state index in [1.54, 1.807) is 36.2 Å². The van der Waals surface area contributed by atoms with Gasteiger partial charge in [0.25, 0.3) is 0 Å². The fraction of sp³-hybridized carbons (Fsp3) is 0.538. The van der Waals surface area contributed by atoms with Gasteiger partial charge in [0.2, 0.25) is 0 Å². The van der Waals surface area contributed by atoms with Crippen LogP contribution >= 0.6 is 0 Å². The van der Waals surface area contributed by atoms with Crippen LogP contribution in [0, 0.1) is 0 Å². The van der Waals surface area contributed by atoms with Crippen LogP contribution in [0.1, 0.15) is 31.4 Å². The number of rotatable bonds is 5. The lowest BCUT2D eigenvalue weighted by Gasteiger charge is -2.28. The van der Waals surface area contributed by atoms with Gasteiger partial charge in [0.15, 0.2) is 0 Å². The Kier molecular flexibility index (Phi) is 5.02. The SMILES string of the molecule is CCC(c1ccccc1O)N(C)CCC(F)(F)F. The highest BCUT2D eigenvalue weighted by Crippen LogP contribution is 2.31. The quantitative estimate of drug-likeness (QED) is 0.873. The first-order valence-electron chi connectivity index (χ1n) is 5.90. The van der Waals surface area contributed by atoms with E-state index in [-0.39, 0.29) is 18.3 Å². The molecule has 0 aliphatic heterocycles. The van der Waals surface area contributed by atoms with Crippen LogP contribution in [0.15, 0.2) is 24.3 Å². The predicted molar refractivity (Wildman–Crippen MR) is 64.4 cm³/mol. The molecular formula is C13H18F3NO. The molecule has 1 N–H and O–H groups in total. The van der Waals surface area contributed by atoms with Crippen LogP contribution in [0.4, 0.5) is 13.2 Å². The molecule has 5 heteroatoms. The second-order valence-electron chi connectivity index (χ2n) is 4.33. The number of alkyl halides is 3. The van der Waals surface area contributed by atoms with E-state index >= 15 is 0 Å². The van der Waals surface area contributed by atoms with Crippen LogP contribution in [-0.4, -0.2) is 29.8 Å². The van der Waals surface area contributed by atoms with E-state index < -0.39 is 12.6 Å². The van der Waals surface area contributed by atoms with Crippen LogP contribution < -0.4 is 0 Å². The maximum Gasteiger partial charge on any atom is 0.390 e. The Bertz CT molecular complexity index is 379. The van der Waals surface area contributed by atoms with E-state index in [0.29, 0.717) is 12.0 Å². The van der Waals surface area contributed by atoms with Crippen LogP contribution in [0.3, 0.4) is 0 Å². The average Bonchev–Trinajstić information content (AvgIpc) is 2.29. The van der Waals surface area contributed by atoms with Gasteiger partial charge in [-0.15, -0.1) is 0 Å². The van der Waals surface area contributed by atoms with Crippen molar-refractivity contribution in [2.75, 3.05) is 13.6 Å². The number of nitrogens with zero attached hydrogens (tertiary/aromatic N) is 1. The molecule has 0 bridgehead atoms. The Balaban J connectivity index is 2.75. The van der Waals surface area contributed by atoms with Gasteiger partial charge in [-0.3, -0.25) is 4.90 Å². The lowest BCUT2D eigenvalue weighted by Crippen LogP contribution is -2.28. The van der Waals surface area contributed by atoms with E-state index in [1.165, 1.54) is 0 Å². The molecule has 0 aliphatic carbocycles. The van der Waals surface area contributed by atoms with Gasteiger partial charge in [-0.2, -0.15) is 13.2 Å². The topological polar surface area (TPSA) is 23.5 Å². The van der Waals surface area contributed by atoms with Crippen molar-refractivity contribution < 1.29 is 18.3 Å². The number of phenolic OH excluding ortho intramolecular Hbond substituents is 1. The average molecular weight is 261 g/mol. The summed E-state index contributed by atoms with van der Waals surface area (Å²) in [5.41, 5.74) is 0.671. The van der Waals surface area contributed by atoms with Crippen molar-refractivity contribution in [3.63, 3.8) is 0 Å². The van der Waals surface area contributed by atoms with Crippen LogP contribution in [-0.2, 0) is 0 Å². The summed E-state index contributed by atoms with van der Waals surface area (Å²) in [6.45, 7) is 1.82. The Labute approximate surface area is 105 Å². The van der Waals surface area contributed by atoms with Gasteiger partial charge in [0.1, 0.15) is 5.75 Å². The molecule has 1 atom stereocenters. The summed E-state index contributed by atoms with van der Waals surface area (Å²) in [5, 5.41) is 9.74. The number of aromatic hydroxyl groups is 1. The van der Waals surface area contributed by atoms with Crippen LogP contribution in [0.5, 0.6) is 5.75 Å². The molecule has 18 heavy (non-hydrogen) atoms. The van der Waals surface area contributed by atoms with Gasteiger partial charge < -0.3 is 5.11 Å². The molecule has 102 valence electrons. The molecule has 0 radical (unpaired) electrons. The normalized spacial score (nSPS) is 13.9. The van der Waals surface area contributed by atoms with E-state index in [1.807, 2.05) is 6.92 Å². The highest BCUT2D eigenvalue weighted by Gasteiger charge is 2.29. The number of para-hydroxylation sites is 1. The van der Waals surface area contributed by atoms with E-state index in [9.17, 15) is 18.3 Å². The molecule has 0 aliphatic rings. The Morgan fingerprint density at radius 3 is 2.39 bits per heavy atom. The maximum atomic E-state index is 12.2. The summed E-state index contributed by atoms with van der Waals surface area (Å²) in [4.78, 5) is 1.63. The number of benzene rings is 1. The third kappa shape index (κ3) is 4.22. The molecule has 0 aromatic heterocycles. The highest BCUT2D eigenvalue weighted by atomic mass is 19.4. The molecule has 0 spiro atoms. The minimum atomic E-state index is -4.15. The van der Waals surface area contributed by atoms with Crippen molar-refractivity contribution in [3.05, 3.63) is 29.8 Å².